The zero-order valence-electron chi connectivity index (χ0n) is 6.10. The number of rotatable bonds is 1. The van der Waals surface area contributed by atoms with E-state index in [0.29, 0.717) is 5.56 Å². The molecule has 0 spiro atoms. The van der Waals surface area contributed by atoms with Crippen molar-refractivity contribution >= 4 is 12.4 Å². The molecule has 1 rings (SSSR count). The van der Waals surface area contributed by atoms with Gasteiger partial charge in [0.05, 0.1) is 0 Å². The molecule has 0 radical (unpaired) electrons. The van der Waals surface area contributed by atoms with Crippen molar-refractivity contribution in [2.24, 2.45) is 0 Å². The highest BCUT2D eigenvalue weighted by molar-refractivity contribution is 6.73. The third kappa shape index (κ3) is 1.82. The van der Waals surface area contributed by atoms with Gasteiger partial charge in [-0.05, 0) is 12.1 Å². The summed E-state index contributed by atoms with van der Waals surface area (Å²) in [5.74, 6) is 2.25. The average Bonchev–Trinajstić information content (AvgIpc) is 2.03. The predicted octanol–water partition coefficient (Wildman–Crippen LogP) is 1.72. The van der Waals surface area contributed by atoms with Crippen LogP contribution in [0.5, 0.6) is 0 Å². The first-order valence-electron chi connectivity index (χ1n) is 3.30. The Labute approximate surface area is 68.5 Å². The topological polar surface area (TPSA) is 0 Å². The minimum absolute atomic E-state index is 0.457. The van der Waals surface area contributed by atoms with E-state index in [2.05, 4.69) is 5.92 Å². The van der Waals surface area contributed by atoms with Crippen molar-refractivity contribution in [3.8, 4) is 12.3 Å². The minimum Gasteiger partial charge on any atom is -0.445 e. The molecule has 0 aliphatic heterocycles. The standard InChI is InChI=1S/C8H5BF3/c1-2-7-3-5-8(6-4-7)9(10,11)12/h1,3-6H/q-1. The molecule has 0 saturated carbocycles. The third-order valence-corrected chi connectivity index (χ3v) is 1.46. The minimum atomic E-state index is -4.89. The summed E-state index contributed by atoms with van der Waals surface area (Å²) in [6.45, 7) is -4.89. The number of hydrogen-bond donors (Lipinski definition) is 0. The molecule has 0 saturated heterocycles. The lowest BCUT2D eigenvalue weighted by Crippen LogP contribution is -2.33. The zero-order valence-corrected chi connectivity index (χ0v) is 6.10. The van der Waals surface area contributed by atoms with Gasteiger partial charge in [0, 0.05) is 5.56 Å². The van der Waals surface area contributed by atoms with E-state index in [4.69, 9.17) is 6.42 Å². The monoisotopic (exact) mass is 169 g/mol. The maximum absolute atomic E-state index is 12.0. The SMILES string of the molecule is C#Cc1ccc([B-](F)(F)F)cc1. The Bertz CT molecular complexity index is 305. The van der Waals surface area contributed by atoms with Gasteiger partial charge in [0.2, 0.25) is 0 Å². The molecule has 0 aliphatic rings. The van der Waals surface area contributed by atoms with Crippen LogP contribution < -0.4 is 5.46 Å². The van der Waals surface area contributed by atoms with Crippen LogP contribution in [0.15, 0.2) is 24.3 Å². The fourth-order valence-electron chi connectivity index (χ4n) is 0.798. The molecule has 0 heterocycles. The second-order valence-corrected chi connectivity index (χ2v) is 2.34. The van der Waals surface area contributed by atoms with Crippen LogP contribution in [0.25, 0.3) is 0 Å². The molecule has 0 aliphatic carbocycles. The molecule has 0 atom stereocenters. The molecule has 1 aromatic rings. The lowest BCUT2D eigenvalue weighted by Gasteiger charge is -2.13. The van der Waals surface area contributed by atoms with Gasteiger partial charge in [0.25, 0.3) is 0 Å². The van der Waals surface area contributed by atoms with Gasteiger partial charge >= 0.3 is 6.98 Å². The highest BCUT2D eigenvalue weighted by Gasteiger charge is 2.24. The summed E-state index contributed by atoms with van der Waals surface area (Å²) < 4.78 is 36.1. The lowest BCUT2D eigenvalue weighted by atomic mass is 9.80. The Morgan fingerprint density at radius 2 is 1.58 bits per heavy atom. The van der Waals surface area contributed by atoms with Crippen LogP contribution in [0.3, 0.4) is 0 Å². The molecule has 0 amide bonds. The molecule has 0 unspecified atom stereocenters. The third-order valence-electron chi connectivity index (χ3n) is 1.46. The first-order chi connectivity index (χ1) is 5.54. The summed E-state index contributed by atoms with van der Waals surface area (Å²) in [7, 11) is 0. The Hall–Kier alpha value is -1.37. The van der Waals surface area contributed by atoms with E-state index in [-0.39, 0.29) is 0 Å². The van der Waals surface area contributed by atoms with Crippen molar-refractivity contribution in [1.29, 1.82) is 0 Å². The molecule has 0 N–H and O–H groups in total. The summed E-state index contributed by atoms with van der Waals surface area (Å²) in [5.41, 5.74) is -0.159. The van der Waals surface area contributed by atoms with Crippen molar-refractivity contribution in [3.63, 3.8) is 0 Å². The van der Waals surface area contributed by atoms with Gasteiger partial charge < -0.3 is 12.9 Å². The van der Waals surface area contributed by atoms with Gasteiger partial charge in [0.15, 0.2) is 0 Å². The van der Waals surface area contributed by atoms with Crippen molar-refractivity contribution in [3.05, 3.63) is 29.8 Å². The molecule has 0 fully saturated rings. The van der Waals surface area contributed by atoms with E-state index in [1.54, 1.807) is 0 Å². The van der Waals surface area contributed by atoms with Crippen LogP contribution in [0, 0.1) is 12.3 Å². The summed E-state index contributed by atoms with van der Waals surface area (Å²) >= 11 is 0. The Balaban J connectivity index is 3.02. The molecular weight excluding hydrogens is 164 g/mol. The number of halogens is 3. The quantitative estimate of drug-likeness (QED) is 0.443. The van der Waals surface area contributed by atoms with Crippen molar-refractivity contribution in [1.82, 2.24) is 0 Å². The average molecular weight is 169 g/mol. The van der Waals surface area contributed by atoms with Gasteiger partial charge in [-0.25, -0.2) is 0 Å². The molecule has 0 nitrogen and oxygen atoms in total. The van der Waals surface area contributed by atoms with Crippen LogP contribution in [0.4, 0.5) is 12.9 Å². The summed E-state index contributed by atoms with van der Waals surface area (Å²) in [6.07, 6.45) is 4.98. The molecular formula is C8H5BF3-. The second-order valence-electron chi connectivity index (χ2n) is 2.34. The molecule has 12 heavy (non-hydrogen) atoms. The van der Waals surface area contributed by atoms with E-state index in [9.17, 15) is 12.9 Å². The van der Waals surface area contributed by atoms with Gasteiger partial charge in [-0.15, -0.1) is 11.9 Å². The lowest BCUT2D eigenvalue weighted by molar-refractivity contribution is 0.501. The second kappa shape index (κ2) is 2.94. The van der Waals surface area contributed by atoms with Crippen LogP contribution in [0.1, 0.15) is 5.56 Å². The molecule has 62 valence electrons. The molecule has 0 bridgehead atoms. The maximum Gasteiger partial charge on any atom is 0.509 e. The summed E-state index contributed by atoms with van der Waals surface area (Å²) in [5, 5.41) is 0. The fourth-order valence-corrected chi connectivity index (χ4v) is 0.798. The largest absolute Gasteiger partial charge is 0.509 e. The van der Waals surface area contributed by atoms with E-state index >= 15 is 0 Å². The van der Waals surface area contributed by atoms with Crippen LogP contribution >= 0.6 is 0 Å². The summed E-state index contributed by atoms with van der Waals surface area (Å²) in [4.78, 5) is 0. The van der Waals surface area contributed by atoms with Crippen LogP contribution in [-0.4, -0.2) is 6.98 Å². The highest BCUT2D eigenvalue weighted by Crippen LogP contribution is 2.08. The first kappa shape index (κ1) is 8.73. The molecule has 1 aromatic carbocycles. The van der Waals surface area contributed by atoms with Crippen molar-refractivity contribution < 1.29 is 12.9 Å². The van der Waals surface area contributed by atoms with E-state index < -0.39 is 12.4 Å². The van der Waals surface area contributed by atoms with Crippen molar-refractivity contribution in [2.75, 3.05) is 0 Å². The molecule has 0 aromatic heterocycles. The predicted molar refractivity (Wildman–Crippen MR) is 43.1 cm³/mol. The Kier molecular flexibility index (Phi) is 2.14. The van der Waals surface area contributed by atoms with E-state index in [1.807, 2.05) is 0 Å². The zero-order chi connectivity index (χ0) is 9.19. The van der Waals surface area contributed by atoms with E-state index in [1.165, 1.54) is 12.1 Å². The van der Waals surface area contributed by atoms with Crippen LogP contribution in [0.2, 0.25) is 0 Å². The van der Waals surface area contributed by atoms with Gasteiger partial charge in [-0.2, -0.15) is 0 Å². The Morgan fingerprint density at radius 1 is 1.08 bits per heavy atom. The van der Waals surface area contributed by atoms with E-state index in [0.717, 1.165) is 12.1 Å². The number of terminal acetylenes is 1. The first-order valence-corrected chi connectivity index (χ1v) is 3.30. The fraction of sp³-hybridized carbons (Fsp3) is 0. The van der Waals surface area contributed by atoms with Gasteiger partial charge in [-0.1, -0.05) is 18.1 Å². The van der Waals surface area contributed by atoms with Gasteiger partial charge in [-0.3, -0.25) is 0 Å². The van der Waals surface area contributed by atoms with Gasteiger partial charge in [0.1, 0.15) is 0 Å². The number of benzene rings is 1. The summed E-state index contributed by atoms with van der Waals surface area (Å²) in [6, 6.07) is 4.56. The Morgan fingerprint density at radius 3 is 1.92 bits per heavy atom. The van der Waals surface area contributed by atoms with Crippen molar-refractivity contribution in [2.45, 2.75) is 0 Å². The highest BCUT2D eigenvalue weighted by atomic mass is 19.4. The number of hydrogen-bond acceptors (Lipinski definition) is 0. The molecule has 4 heteroatoms. The normalized spacial score (nSPS) is 10.8. The maximum atomic E-state index is 12.0. The van der Waals surface area contributed by atoms with Crippen LogP contribution in [-0.2, 0) is 0 Å². The smallest absolute Gasteiger partial charge is 0.445 e.